The van der Waals surface area contributed by atoms with Crippen LogP contribution in [0.15, 0.2) is 35.7 Å². The first-order valence-corrected chi connectivity index (χ1v) is 8.58. The molecular formula is C17H21ClN2O2S. The molecule has 1 aromatic carbocycles. The first-order valence-electron chi connectivity index (χ1n) is 7.33. The van der Waals surface area contributed by atoms with Gasteiger partial charge in [0.2, 0.25) is 0 Å². The number of amides is 1. The highest BCUT2D eigenvalue weighted by Gasteiger charge is 2.16. The lowest BCUT2D eigenvalue weighted by molar-refractivity contribution is -0.123. The summed E-state index contributed by atoms with van der Waals surface area (Å²) in [6.07, 6.45) is 0. The van der Waals surface area contributed by atoms with E-state index in [1.807, 2.05) is 38.5 Å². The smallest absolute Gasteiger partial charge is 0.258 e. The number of nitrogens with zero attached hydrogens (tertiary/aromatic N) is 1. The van der Waals surface area contributed by atoms with E-state index in [2.05, 4.69) is 16.3 Å². The van der Waals surface area contributed by atoms with E-state index in [1.54, 1.807) is 23.5 Å². The number of ether oxygens (including phenoxy) is 1. The number of carbonyl (C=O) groups is 1. The van der Waals surface area contributed by atoms with Gasteiger partial charge >= 0.3 is 0 Å². The molecular weight excluding hydrogens is 332 g/mol. The van der Waals surface area contributed by atoms with Gasteiger partial charge < -0.3 is 15.0 Å². The molecule has 0 fully saturated rings. The third-order valence-electron chi connectivity index (χ3n) is 3.49. The molecule has 6 heteroatoms. The van der Waals surface area contributed by atoms with Crippen LogP contribution in [0.1, 0.15) is 16.5 Å². The maximum atomic E-state index is 12.0. The van der Waals surface area contributed by atoms with Crippen LogP contribution < -0.4 is 10.1 Å². The van der Waals surface area contributed by atoms with Crippen LogP contribution in [0.5, 0.6) is 5.75 Å². The van der Waals surface area contributed by atoms with Crippen LogP contribution in [0, 0.1) is 6.92 Å². The van der Waals surface area contributed by atoms with Crippen molar-refractivity contribution in [1.29, 1.82) is 0 Å². The van der Waals surface area contributed by atoms with Gasteiger partial charge in [-0.15, -0.1) is 11.3 Å². The van der Waals surface area contributed by atoms with Crippen LogP contribution in [0.4, 0.5) is 0 Å². The molecule has 1 heterocycles. The molecule has 0 saturated heterocycles. The number of aryl methyl sites for hydroxylation is 1. The summed E-state index contributed by atoms with van der Waals surface area (Å²) >= 11 is 7.66. The zero-order chi connectivity index (χ0) is 16.8. The number of likely N-dealkylation sites (N-methyl/N-ethyl adjacent to an activating group) is 1. The van der Waals surface area contributed by atoms with E-state index in [0.717, 1.165) is 5.56 Å². The number of hydrogen-bond acceptors (Lipinski definition) is 4. The Hall–Kier alpha value is -1.56. The van der Waals surface area contributed by atoms with E-state index in [9.17, 15) is 4.79 Å². The summed E-state index contributed by atoms with van der Waals surface area (Å²) in [5.74, 6) is 0.505. The second-order valence-electron chi connectivity index (χ2n) is 5.50. The van der Waals surface area contributed by atoms with Crippen LogP contribution in [-0.2, 0) is 4.79 Å². The summed E-state index contributed by atoms with van der Waals surface area (Å²) in [5, 5.41) is 5.65. The molecule has 124 valence electrons. The van der Waals surface area contributed by atoms with Crippen molar-refractivity contribution in [2.45, 2.75) is 13.0 Å². The predicted molar refractivity (Wildman–Crippen MR) is 95.4 cm³/mol. The molecule has 0 unspecified atom stereocenters. The van der Waals surface area contributed by atoms with E-state index in [-0.39, 0.29) is 18.6 Å². The first-order chi connectivity index (χ1) is 11.0. The third kappa shape index (κ3) is 5.23. The van der Waals surface area contributed by atoms with Gasteiger partial charge in [0.05, 0.1) is 6.04 Å². The van der Waals surface area contributed by atoms with Gasteiger partial charge in [0.25, 0.3) is 5.91 Å². The molecule has 0 bridgehead atoms. The lowest BCUT2D eigenvalue weighted by Crippen LogP contribution is -2.36. The Morgan fingerprint density at radius 3 is 2.78 bits per heavy atom. The number of halogens is 1. The normalized spacial score (nSPS) is 12.2. The van der Waals surface area contributed by atoms with Crippen molar-refractivity contribution in [3.05, 3.63) is 51.2 Å². The molecule has 1 aromatic heterocycles. The third-order valence-corrected chi connectivity index (χ3v) is 4.88. The topological polar surface area (TPSA) is 41.6 Å². The van der Waals surface area contributed by atoms with E-state index in [4.69, 9.17) is 16.3 Å². The van der Waals surface area contributed by atoms with Gasteiger partial charge in [0.15, 0.2) is 6.61 Å². The van der Waals surface area contributed by atoms with Gasteiger partial charge in [-0.05, 0) is 56.2 Å². The molecule has 1 amide bonds. The maximum Gasteiger partial charge on any atom is 0.258 e. The maximum absolute atomic E-state index is 12.0. The lowest BCUT2D eigenvalue weighted by atomic mass is 10.2. The van der Waals surface area contributed by atoms with E-state index >= 15 is 0 Å². The van der Waals surface area contributed by atoms with Crippen molar-refractivity contribution < 1.29 is 9.53 Å². The quantitative estimate of drug-likeness (QED) is 0.829. The summed E-state index contributed by atoms with van der Waals surface area (Å²) in [7, 11) is 4.01. The van der Waals surface area contributed by atoms with Crippen molar-refractivity contribution in [2.75, 3.05) is 27.2 Å². The summed E-state index contributed by atoms with van der Waals surface area (Å²) < 4.78 is 5.51. The van der Waals surface area contributed by atoms with Crippen LogP contribution >= 0.6 is 22.9 Å². The summed E-state index contributed by atoms with van der Waals surface area (Å²) in [5.41, 5.74) is 0.926. The van der Waals surface area contributed by atoms with E-state index in [0.29, 0.717) is 17.3 Å². The van der Waals surface area contributed by atoms with E-state index < -0.39 is 0 Å². The van der Waals surface area contributed by atoms with E-state index in [1.165, 1.54) is 4.88 Å². The molecule has 2 aromatic rings. The first kappa shape index (κ1) is 17.8. The Kier molecular flexibility index (Phi) is 6.45. The summed E-state index contributed by atoms with van der Waals surface area (Å²) in [6, 6.07) is 9.61. The van der Waals surface area contributed by atoms with Crippen molar-refractivity contribution >= 4 is 28.8 Å². The predicted octanol–water partition coefficient (Wildman–Crippen LogP) is 3.51. The second kappa shape index (κ2) is 8.34. The van der Waals surface area contributed by atoms with Gasteiger partial charge in [0, 0.05) is 16.4 Å². The Labute approximate surface area is 146 Å². The van der Waals surface area contributed by atoms with Crippen LogP contribution in [0.25, 0.3) is 0 Å². The highest BCUT2D eigenvalue weighted by atomic mass is 35.5. The monoisotopic (exact) mass is 352 g/mol. The van der Waals surface area contributed by atoms with Gasteiger partial charge in [0.1, 0.15) is 5.75 Å². The molecule has 23 heavy (non-hydrogen) atoms. The molecule has 1 atom stereocenters. The molecule has 0 radical (unpaired) electrons. The van der Waals surface area contributed by atoms with Crippen molar-refractivity contribution in [3.63, 3.8) is 0 Å². The Morgan fingerprint density at radius 1 is 1.39 bits per heavy atom. The molecule has 0 aliphatic carbocycles. The molecule has 0 saturated carbocycles. The van der Waals surface area contributed by atoms with Gasteiger partial charge in [-0.3, -0.25) is 4.79 Å². The van der Waals surface area contributed by atoms with Gasteiger partial charge in [-0.25, -0.2) is 0 Å². The van der Waals surface area contributed by atoms with Crippen molar-refractivity contribution in [2.24, 2.45) is 0 Å². The Balaban J connectivity index is 1.83. The fraction of sp³-hybridized carbons (Fsp3) is 0.353. The zero-order valence-electron chi connectivity index (χ0n) is 13.5. The molecule has 2 rings (SSSR count). The SMILES string of the molecule is Cc1cc(OCC(=O)NC[C@H](c2cccs2)N(C)C)ccc1Cl. The van der Waals surface area contributed by atoms with Crippen LogP contribution in [0.2, 0.25) is 5.02 Å². The molecule has 1 N–H and O–H groups in total. The fourth-order valence-corrected chi connectivity index (χ4v) is 3.18. The largest absolute Gasteiger partial charge is 0.484 e. The minimum absolute atomic E-state index is 0.00827. The minimum Gasteiger partial charge on any atom is -0.484 e. The highest BCUT2D eigenvalue weighted by molar-refractivity contribution is 7.10. The molecule has 4 nitrogen and oxygen atoms in total. The fourth-order valence-electron chi connectivity index (χ4n) is 2.14. The molecule has 0 aliphatic rings. The van der Waals surface area contributed by atoms with Gasteiger partial charge in [-0.1, -0.05) is 17.7 Å². The Morgan fingerprint density at radius 2 is 2.17 bits per heavy atom. The number of rotatable bonds is 7. The summed E-state index contributed by atoms with van der Waals surface area (Å²) in [6.45, 7) is 2.44. The number of thiophene rings is 1. The number of benzene rings is 1. The average molecular weight is 353 g/mol. The molecule has 0 spiro atoms. The van der Waals surface area contributed by atoms with Crippen molar-refractivity contribution in [1.82, 2.24) is 10.2 Å². The number of nitrogens with one attached hydrogen (secondary N) is 1. The average Bonchev–Trinajstić information content (AvgIpc) is 3.02. The standard InChI is InChI=1S/C17H21ClN2O2S/c1-12-9-13(6-7-14(12)18)22-11-17(21)19-10-15(20(2)3)16-5-4-8-23-16/h4-9,15H,10-11H2,1-3H3,(H,19,21)/t15-/m1/s1. The number of carbonyl (C=O) groups excluding carboxylic acids is 1. The lowest BCUT2D eigenvalue weighted by Gasteiger charge is -2.23. The highest BCUT2D eigenvalue weighted by Crippen LogP contribution is 2.22. The summed E-state index contributed by atoms with van der Waals surface area (Å²) in [4.78, 5) is 15.3. The minimum atomic E-state index is -0.138. The number of hydrogen-bond donors (Lipinski definition) is 1. The van der Waals surface area contributed by atoms with Crippen LogP contribution in [-0.4, -0.2) is 38.1 Å². The zero-order valence-corrected chi connectivity index (χ0v) is 15.1. The molecule has 0 aliphatic heterocycles. The van der Waals surface area contributed by atoms with Crippen molar-refractivity contribution in [3.8, 4) is 5.75 Å². The van der Waals surface area contributed by atoms with Gasteiger partial charge in [-0.2, -0.15) is 0 Å². The van der Waals surface area contributed by atoms with Crippen LogP contribution in [0.3, 0.4) is 0 Å². The second-order valence-corrected chi connectivity index (χ2v) is 6.89. The Bertz CT molecular complexity index is 644.